The first-order valence-corrected chi connectivity index (χ1v) is 12.6. The first kappa shape index (κ1) is 28.9. The average Bonchev–Trinajstić information content (AvgIpc) is 2.85. The molecule has 11 heteroatoms. The van der Waals surface area contributed by atoms with Gasteiger partial charge in [-0.1, -0.05) is 56.2 Å². The number of hydrogen-bond donors (Lipinski definition) is 0. The van der Waals surface area contributed by atoms with Gasteiger partial charge in [0.1, 0.15) is 18.8 Å². The Balaban J connectivity index is 1.81. The van der Waals surface area contributed by atoms with E-state index in [9.17, 15) is 9.59 Å². The maximum atomic E-state index is 11.7. The number of ether oxygens (including phenoxy) is 6. The maximum Gasteiger partial charge on any atom is 0.304 e. The van der Waals surface area contributed by atoms with Gasteiger partial charge in [-0.15, -0.1) is 0 Å². The number of nitrogens with zero attached hydrogens (tertiary/aromatic N) is 3. The van der Waals surface area contributed by atoms with Gasteiger partial charge in [-0.25, -0.2) is 0 Å². The predicted molar refractivity (Wildman–Crippen MR) is 132 cm³/mol. The van der Waals surface area contributed by atoms with Crippen molar-refractivity contribution in [1.82, 2.24) is 0 Å². The molecule has 2 saturated heterocycles. The minimum absolute atomic E-state index is 0.111. The molecule has 0 radical (unpaired) electrons. The fraction of sp³-hybridized carbons (Fsp3) is 0.692. The Morgan fingerprint density at radius 3 is 2.27 bits per heavy atom. The smallest absolute Gasteiger partial charge is 0.304 e. The Bertz CT molecular complexity index is 956. The van der Waals surface area contributed by atoms with Gasteiger partial charge in [0.2, 0.25) is 6.29 Å². The standard InChI is InChI=1S/C26H37N3O8/c1-14-17(4)34-25(16(3)23(14)33-12-20-10-8-7-9-11-20)37-24-15(2)22(28-29-27)26(35-19(6)31)36-21(24)13-32-18(5)30/h7-11,14-17,21-26H,12-13H2,1-6H3/t14-,15-,16?,17?,21?,22?,23-,24+,25+,26?/m1/s1. The van der Waals surface area contributed by atoms with E-state index in [1.165, 1.54) is 13.8 Å². The van der Waals surface area contributed by atoms with E-state index in [0.717, 1.165) is 5.56 Å². The number of carbonyl (C=O) groups is 2. The highest BCUT2D eigenvalue weighted by atomic mass is 16.7. The first-order valence-electron chi connectivity index (χ1n) is 12.6. The molecule has 0 bridgehead atoms. The normalized spacial score (nSPS) is 35.7. The largest absolute Gasteiger partial charge is 0.463 e. The van der Waals surface area contributed by atoms with Gasteiger partial charge < -0.3 is 28.4 Å². The summed E-state index contributed by atoms with van der Waals surface area (Å²) in [6.07, 6.45) is -3.60. The fourth-order valence-electron chi connectivity index (χ4n) is 4.88. The van der Waals surface area contributed by atoms with Gasteiger partial charge in [-0.3, -0.25) is 9.59 Å². The number of esters is 2. The third-order valence-corrected chi connectivity index (χ3v) is 7.06. The topological polar surface area (TPSA) is 138 Å². The van der Waals surface area contributed by atoms with Crippen LogP contribution in [0.25, 0.3) is 10.4 Å². The molecule has 11 nitrogen and oxygen atoms in total. The molecule has 0 saturated carbocycles. The highest BCUT2D eigenvalue weighted by molar-refractivity contribution is 5.66. The second-order valence-corrected chi connectivity index (χ2v) is 9.80. The molecule has 0 N–H and O–H groups in total. The van der Waals surface area contributed by atoms with Crippen LogP contribution < -0.4 is 0 Å². The molecule has 0 spiro atoms. The molecular formula is C26H37N3O8. The molecule has 1 aromatic rings. The minimum atomic E-state index is -1.14. The highest BCUT2D eigenvalue weighted by Gasteiger charge is 2.49. The average molecular weight is 520 g/mol. The zero-order chi connectivity index (χ0) is 27.1. The highest BCUT2D eigenvalue weighted by Crippen LogP contribution is 2.38. The van der Waals surface area contributed by atoms with Crippen LogP contribution in [0.4, 0.5) is 0 Å². The number of hydrogen-bond acceptors (Lipinski definition) is 9. The van der Waals surface area contributed by atoms with Crippen molar-refractivity contribution in [3.8, 4) is 0 Å². The Morgan fingerprint density at radius 2 is 1.65 bits per heavy atom. The Labute approximate surface area is 217 Å². The summed E-state index contributed by atoms with van der Waals surface area (Å²) < 4.78 is 35.5. The predicted octanol–water partition coefficient (Wildman–Crippen LogP) is 4.14. The lowest BCUT2D eigenvalue weighted by Crippen LogP contribution is -2.59. The van der Waals surface area contributed by atoms with Crippen molar-refractivity contribution in [2.24, 2.45) is 22.9 Å². The summed E-state index contributed by atoms with van der Waals surface area (Å²) in [4.78, 5) is 26.1. The van der Waals surface area contributed by atoms with Crippen LogP contribution in [0.3, 0.4) is 0 Å². The molecule has 5 unspecified atom stereocenters. The first-order chi connectivity index (χ1) is 17.6. The van der Waals surface area contributed by atoms with Crippen LogP contribution >= 0.6 is 0 Å². The fourth-order valence-corrected chi connectivity index (χ4v) is 4.88. The van der Waals surface area contributed by atoms with Gasteiger partial charge >= 0.3 is 11.9 Å². The van der Waals surface area contributed by atoms with Crippen LogP contribution in [-0.4, -0.2) is 61.6 Å². The SMILES string of the molecule is CC(=O)OCC1OC(OC(C)=O)C(N=[N+]=[N-])[C@@H](C)[C@@H]1O[C@@H]1OC(C)[C@@H](C)[C@@H](OCc2ccccc2)C1C. The summed E-state index contributed by atoms with van der Waals surface area (Å²) in [7, 11) is 0. The summed E-state index contributed by atoms with van der Waals surface area (Å²) in [6.45, 7) is 10.7. The zero-order valence-electron chi connectivity index (χ0n) is 22.2. The van der Waals surface area contributed by atoms with Crippen LogP contribution in [0.2, 0.25) is 0 Å². The molecule has 204 valence electrons. The molecule has 3 rings (SSSR count). The zero-order valence-corrected chi connectivity index (χ0v) is 22.2. The van der Waals surface area contributed by atoms with Gasteiger partial charge in [-0.2, -0.15) is 0 Å². The minimum Gasteiger partial charge on any atom is -0.463 e. The van der Waals surface area contributed by atoms with E-state index in [2.05, 4.69) is 16.9 Å². The molecular weight excluding hydrogens is 482 g/mol. The van der Waals surface area contributed by atoms with Crippen LogP contribution in [0.15, 0.2) is 35.4 Å². The van der Waals surface area contributed by atoms with Crippen LogP contribution in [-0.2, 0) is 44.6 Å². The monoisotopic (exact) mass is 519 g/mol. The molecule has 2 fully saturated rings. The van der Waals surface area contributed by atoms with Gasteiger partial charge in [0.05, 0.1) is 24.9 Å². The number of azide groups is 1. The lowest BCUT2D eigenvalue weighted by Gasteiger charge is -2.48. The molecule has 2 aliphatic rings. The molecule has 1 aromatic carbocycles. The van der Waals surface area contributed by atoms with Crippen molar-refractivity contribution in [3.05, 3.63) is 46.3 Å². The van der Waals surface area contributed by atoms with E-state index >= 15 is 0 Å². The summed E-state index contributed by atoms with van der Waals surface area (Å²) >= 11 is 0. The summed E-state index contributed by atoms with van der Waals surface area (Å²) in [5.41, 5.74) is 10.2. The third-order valence-electron chi connectivity index (χ3n) is 7.06. The van der Waals surface area contributed by atoms with Crippen LogP contribution in [0.1, 0.15) is 47.1 Å². The van der Waals surface area contributed by atoms with Crippen molar-refractivity contribution in [2.75, 3.05) is 6.61 Å². The Kier molecular flexibility index (Phi) is 10.3. The van der Waals surface area contributed by atoms with Crippen molar-refractivity contribution in [3.63, 3.8) is 0 Å². The lowest BCUT2D eigenvalue weighted by atomic mass is 9.85. The van der Waals surface area contributed by atoms with E-state index in [-0.39, 0.29) is 30.7 Å². The quantitative estimate of drug-likeness (QED) is 0.205. The van der Waals surface area contributed by atoms with Gasteiger partial charge in [0, 0.05) is 30.6 Å². The lowest BCUT2D eigenvalue weighted by molar-refractivity contribution is -0.321. The molecule has 10 atom stereocenters. The van der Waals surface area contributed by atoms with E-state index in [4.69, 9.17) is 34.0 Å². The number of benzene rings is 1. The van der Waals surface area contributed by atoms with E-state index in [1.54, 1.807) is 0 Å². The number of carbonyl (C=O) groups excluding carboxylic acids is 2. The van der Waals surface area contributed by atoms with Gasteiger partial charge in [0.15, 0.2) is 6.29 Å². The maximum absolute atomic E-state index is 11.7. The molecule has 2 heterocycles. The summed E-state index contributed by atoms with van der Waals surface area (Å²) in [5, 5.41) is 3.82. The molecule has 0 aromatic heterocycles. The molecule has 0 amide bonds. The Hall–Kier alpha value is -2.69. The van der Waals surface area contributed by atoms with Crippen LogP contribution in [0.5, 0.6) is 0 Å². The van der Waals surface area contributed by atoms with E-state index in [0.29, 0.717) is 6.61 Å². The van der Waals surface area contributed by atoms with Crippen molar-refractivity contribution in [1.29, 1.82) is 0 Å². The van der Waals surface area contributed by atoms with Crippen molar-refractivity contribution >= 4 is 11.9 Å². The molecule has 37 heavy (non-hydrogen) atoms. The third kappa shape index (κ3) is 7.43. The van der Waals surface area contributed by atoms with Gasteiger partial charge in [-0.05, 0) is 23.9 Å². The molecule has 0 aliphatic carbocycles. The second-order valence-electron chi connectivity index (χ2n) is 9.80. The Morgan fingerprint density at radius 1 is 0.946 bits per heavy atom. The van der Waals surface area contributed by atoms with Crippen molar-refractivity contribution in [2.45, 2.75) is 91.2 Å². The number of rotatable bonds is 9. The summed E-state index contributed by atoms with van der Waals surface area (Å²) in [6, 6.07) is 9.09. The van der Waals surface area contributed by atoms with Gasteiger partial charge in [0.25, 0.3) is 0 Å². The molecule has 2 aliphatic heterocycles. The second kappa shape index (κ2) is 13.2. The van der Waals surface area contributed by atoms with Crippen LogP contribution in [0, 0.1) is 17.8 Å². The van der Waals surface area contributed by atoms with E-state index in [1.807, 2.05) is 51.1 Å². The summed E-state index contributed by atoms with van der Waals surface area (Å²) in [5.74, 6) is -1.58. The van der Waals surface area contributed by atoms with E-state index < -0.39 is 48.7 Å². The van der Waals surface area contributed by atoms with Crippen molar-refractivity contribution < 1.29 is 38.0 Å².